The van der Waals surface area contributed by atoms with Gasteiger partial charge in [0.1, 0.15) is 0 Å². The fourth-order valence-corrected chi connectivity index (χ4v) is 9.64. The summed E-state index contributed by atoms with van der Waals surface area (Å²) in [6, 6.07) is 79.3. The van der Waals surface area contributed by atoms with Crippen LogP contribution in [-0.4, -0.2) is 4.57 Å². The highest BCUT2D eigenvalue weighted by molar-refractivity contribution is 7.25. The number of anilines is 3. The highest BCUT2D eigenvalue weighted by atomic mass is 32.1. The molecule has 0 aliphatic carbocycles. The molecule has 0 unspecified atom stereocenters. The van der Waals surface area contributed by atoms with E-state index in [0.29, 0.717) is 0 Å². The highest BCUT2D eigenvalue weighted by Gasteiger charge is 2.20. The van der Waals surface area contributed by atoms with Gasteiger partial charge in [-0.1, -0.05) is 152 Å². The van der Waals surface area contributed by atoms with Gasteiger partial charge in [0, 0.05) is 53.7 Å². The topological polar surface area (TPSA) is 8.17 Å². The van der Waals surface area contributed by atoms with Crippen LogP contribution in [-0.2, 0) is 0 Å². The van der Waals surface area contributed by atoms with Crippen LogP contribution in [0.25, 0.3) is 81.0 Å². The average molecular weight is 745 g/mol. The zero-order chi connectivity index (χ0) is 37.7. The second kappa shape index (κ2) is 13.8. The van der Waals surface area contributed by atoms with E-state index < -0.39 is 0 Å². The van der Waals surface area contributed by atoms with Crippen LogP contribution in [0, 0.1) is 0 Å². The fourth-order valence-electron chi connectivity index (χ4n) is 8.50. The number of rotatable bonds is 7. The molecular formula is C54H36N2S. The van der Waals surface area contributed by atoms with E-state index in [9.17, 15) is 0 Å². The molecule has 2 aromatic heterocycles. The maximum absolute atomic E-state index is 2.42. The smallest absolute Gasteiger partial charge is 0.0562 e. The largest absolute Gasteiger partial charge is 0.310 e. The third kappa shape index (κ3) is 5.80. The molecule has 57 heavy (non-hydrogen) atoms. The molecule has 9 aromatic carbocycles. The van der Waals surface area contributed by atoms with Crippen LogP contribution in [0.4, 0.5) is 17.1 Å². The van der Waals surface area contributed by atoms with E-state index >= 15 is 0 Å². The van der Waals surface area contributed by atoms with Gasteiger partial charge in [0.2, 0.25) is 0 Å². The summed E-state index contributed by atoms with van der Waals surface area (Å²) < 4.78 is 5.06. The normalized spacial score (nSPS) is 11.5. The SMILES string of the molecule is c1ccc(-c2ccc(N(c3ccc(-c4ccc5c(c4)sc4ccccc45)cc3)c3ccc4c5c(-c6ccccc6)cccc5n(-c5ccccc5)c4c3)cc2)cc1. The zero-order valence-electron chi connectivity index (χ0n) is 31.1. The van der Waals surface area contributed by atoms with E-state index in [2.05, 4.69) is 228 Å². The Morgan fingerprint density at radius 3 is 1.60 bits per heavy atom. The second-order valence-electron chi connectivity index (χ2n) is 14.5. The lowest BCUT2D eigenvalue weighted by Gasteiger charge is -2.26. The minimum Gasteiger partial charge on any atom is -0.310 e. The van der Waals surface area contributed by atoms with Crippen molar-refractivity contribution in [3.63, 3.8) is 0 Å². The van der Waals surface area contributed by atoms with Crippen molar-refractivity contribution in [2.75, 3.05) is 4.90 Å². The summed E-state index contributed by atoms with van der Waals surface area (Å²) in [6.07, 6.45) is 0. The molecule has 0 amide bonds. The molecule has 11 aromatic rings. The van der Waals surface area contributed by atoms with Crippen LogP contribution in [0.5, 0.6) is 0 Å². The van der Waals surface area contributed by atoms with Crippen molar-refractivity contribution in [3.05, 3.63) is 218 Å². The second-order valence-corrected chi connectivity index (χ2v) is 15.6. The Balaban J connectivity index is 1.08. The molecule has 0 radical (unpaired) electrons. The lowest BCUT2D eigenvalue weighted by atomic mass is 9.99. The Labute approximate surface area is 335 Å². The summed E-state index contributed by atoms with van der Waals surface area (Å²) in [4.78, 5) is 2.39. The van der Waals surface area contributed by atoms with Gasteiger partial charge in [-0.25, -0.2) is 0 Å². The summed E-state index contributed by atoms with van der Waals surface area (Å²) in [5.74, 6) is 0. The number of aromatic nitrogens is 1. The third-order valence-corrected chi connectivity index (χ3v) is 12.3. The van der Waals surface area contributed by atoms with E-state index in [0.717, 1.165) is 28.3 Å². The van der Waals surface area contributed by atoms with E-state index in [1.54, 1.807) is 0 Å². The predicted molar refractivity (Wildman–Crippen MR) is 245 cm³/mol. The highest BCUT2D eigenvalue weighted by Crippen LogP contribution is 2.43. The Hall–Kier alpha value is -7.20. The first kappa shape index (κ1) is 33.2. The lowest BCUT2D eigenvalue weighted by molar-refractivity contribution is 1.18. The number of hydrogen-bond donors (Lipinski definition) is 0. The number of nitrogens with zero attached hydrogens (tertiary/aromatic N) is 2. The van der Waals surface area contributed by atoms with Crippen LogP contribution in [0.1, 0.15) is 0 Å². The van der Waals surface area contributed by atoms with E-state index in [-0.39, 0.29) is 0 Å². The van der Waals surface area contributed by atoms with Crippen LogP contribution < -0.4 is 4.90 Å². The standard InChI is InChI=1S/C54H36N2S/c1-4-13-37(14-5-1)38-23-28-43(29-24-38)55(44-30-25-39(26-31-44)41-27-33-48-47-19-10-11-22-52(47)57-53(48)35-41)45-32-34-49-51(36-45)56(42-17-8-3-9-18-42)50-21-12-20-46(54(49)50)40-15-6-2-7-16-40/h1-36H. The van der Waals surface area contributed by atoms with Crippen molar-refractivity contribution in [3.8, 4) is 39.1 Å². The molecule has 0 bridgehead atoms. The van der Waals surface area contributed by atoms with Crippen molar-refractivity contribution in [2.24, 2.45) is 0 Å². The summed E-state index contributed by atoms with van der Waals surface area (Å²) in [5.41, 5.74) is 14.1. The number of thiophene rings is 1. The molecule has 0 spiro atoms. The Morgan fingerprint density at radius 2 is 0.877 bits per heavy atom. The molecule has 0 atom stereocenters. The van der Waals surface area contributed by atoms with Crippen LogP contribution in [0.15, 0.2) is 218 Å². The predicted octanol–water partition coefficient (Wildman–Crippen LogP) is 15.6. The van der Waals surface area contributed by atoms with Crippen LogP contribution in [0.3, 0.4) is 0 Å². The molecule has 0 aliphatic heterocycles. The number of fused-ring (bicyclic) bond motifs is 6. The molecule has 2 nitrogen and oxygen atoms in total. The van der Waals surface area contributed by atoms with Gasteiger partial charge < -0.3 is 9.47 Å². The summed E-state index contributed by atoms with van der Waals surface area (Å²) >= 11 is 1.86. The Morgan fingerprint density at radius 1 is 0.333 bits per heavy atom. The van der Waals surface area contributed by atoms with Gasteiger partial charge in [0.05, 0.1) is 11.0 Å². The first-order valence-corrected chi connectivity index (χ1v) is 20.2. The van der Waals surface area contributed by atoms with Gasteiger partial charge in [0.15, 0.2) is 0 Å². The molecule has 0 saturated carbocycles. The van der Waals surface area contributed by atoms with Crippen molar-refractivity contribution in [1.82, 2.24) is 4.57 Å². The Bertz CT molecular complexity index is 3200. The van der Waals surface area contributed by atoms with Crippen LogP contribution in [0.2, 0.25) is 0 Å². The molecule has 268 valence electrons. The third-order valence-electron chi connectivity index (χ3n) is 11.2. The quantitative estimate of drug-likeness (QED) is 0.158. The van der Waals surface area contributed by atoms with Crippen molar-refractivity contribution >= 4 is 70.4 Å². The molecule has 0 saturated heterocycles. The van der Waals surface area contributed by atoms with Gasteiger partial charge in [-0.05, 0) is 100 Å². The molecule has 11 rings (SSSR count). The minimum atomic E-state index is 1.09. The van der Waals surface area contributed by atoms with E-state index in [1.807, 2.05) is 11.3 Å². The first-order chi connectivity index (χ1) is 28.3. The van der Waals surface area contributed by atoms with E-state index in [1.165, 1.54) is 69.8 Å². The zero-order valence-corrected chi connectivity index (χ0v) is 31.9. The molecule has 0 N–H and O–H groups in total. The van der Waals surface area contributed by atoms with Gasteiger partial charge >= 0.3 is 0 Å². The number of hydrogen-bond acceptors (Lipinski definition) is 2. The summed E-state index contributed by atoms with van der Waals surface area (Å²) in [7, 11) is 0. The first-order valence-electron chi connectivity index (χ1n) is 19.4. The maximum Gasteiger partial charge on any atom is 0.0562 e. The molecule has 2 heterocycles. The van der Waals surface area contributed by atoms with Crippen molar-refractivity contribution < 1.29 is 0 Å². The van der Waals surface area contributed by atoms with Gasteiger partial charge in [-0.3, -0.25) is 0 Å². The minimum absolute atomic E-state index is 1.09. The van der Waals surface area contributed by atoms with Crippen LogP contribution >= 0.6 is 11.3 Å². The lowest BCUT2D eigenvalue weighted by Crippen LogP contribution is -2.10. The Kier molecular flexibility index (Phi) is 8.04. The molecular weight excluding hydrogens is 709 g/mol. The van der Waals surface area contributed by atoms with Crippen molar-refractivity contribution in [2.45, 2.75) is 0 Å². The summed E-state index contributed by atoms with van der Waals surface area (Å²) in [6.45, 7) is 0. The molecule has 0 fully saturated rings. The molecule has 3 heteroatoms. The monoisotopic (exact) mass is 744 g/mol. The number of para-hydroxylation sites is 1. The van der Waals surface area contributed by atoms with E-state index in [4.69, 9.17) is 0 Å². The average Bonchev–Trinajstić information content (AvgIpc) is 3.83. The van der Waals surface area contributed by atoms with Gasteiger partial charge in [-0.2, -0.15) is 0 Å². The summed E-state index contributed by atoms with van der Waals surface area (Å²) in [5, 5.41) is 5.13. The fraction of sp³-hybridized carbons (Fsp3) is 0. The number of benzene rings is 9. The van der Waals surface area contributed by atoms with Crippen molar-refractivity contribution in [1.29, 1.82) is 0 Å². The maximum atomic E-state index is 2.42. The van der Waals surface area contributed by atoms with Gasteiger partial charge in [-0.15, -0.1) is 11.3 Å². The van der Waals surface area contributed by atoms with Gasteiger partial charge in [0.25, 0.3) is 0 Å². The molecule has 0 aliphatic rings.